The normalized spacial score (nSPS) is 9.67. The van der Waals surface area contributed by atoms with Crippen molar-refractivity contribution in [2.45, 2.75) is 6.61 Å². The van der Waals surface area contributed by atoms with Crippen LogP contribution in [0.5, 0.6) is 11.5 Å². The Morgan fingerprint density at radius 2 is 2.00 bits per heavy atom. The maximum absolute atomic E-state index is 13.8. The van der Waals surface area contributed by atoms with Crippen molar-refractivity contribution < 1.29 is 13.9 Å². The number of nitrogens with two attached hydrogens (primary N) is 1. The zero-order valence-corrected chi connectivity index (χ0v) is 11.7. The van der Waals surface area contributed by atoms with Gasteiger partial charge in [0.1, 0.15) is 23.9 Å². The van der Waals surface area contributed by atoms with Crippen LogP contribution in [0.1, 0.15) is 11.1 Å². The molecular formula is C17H16FNO2. The van der Waals surface area contributed by atoms with Crippen molar-refractivity contribution in [2.24, 2.45) is 5.73 Å². The molecule has 0 amide bonds. The molecule has 108 valence electrons. The molecule has 0 aliphatic carbocycles. The lowest BCUT2D eigenvalue weighted by Gasteiger charge is -2.08. The van der Waals surface area contributed by atoms with Gasteiger partial charge in [-0.15, -0.1) is 0 Å². The minimum absolute atomic E-state index is 0.202. The molecule has 2 aromatic carbocycles. The Balaban J connectivity index is 2.04. The van der Waals surface area contributed by atoms with Crippen LogP contribution in [0.2, 0.25) is 0 Å². The molecule has 21 heavy (non-hydrogen) atoms. The molecule has 0 saturated heterocycles. The first-order valence-corrected chi connectivity index (χ1v) is 6.47. The van der Waals surface area contributed by atoms with E-state index in [1.165, 1.54) is 6.07 Å². The third-order valence-electron chi connectivity index (χ3n) is 2.81. The monoisotopic (exact) mass is 285 g/mol. The van der Waals surface area contributed by atoms with Crippen molar-refractivity contribution in [2.75, 3.05) is 13.7 Å². The van der Waals surface area contributed by atoms with Crippen LogP contribution < -0.4 is 15.2 Å². The van der Waals surface area contributed by atoms with Crippen molar-refractivity contribution >= 4 is 0 Å². The Bertz CT molecular complexity index is 674. The number of hydrogen-bond acceptors (Lipinski definition) is 3. The lowest BCUT2D eigenvalue weighted by atomic mass is 10.2. The second-order valence-corrected chi connectivity index (χ2v) is 4.29. The Hall–Kier alpha value is -2.51. The molecule has 2 rings (SSSR count). The summed E-state index contributed by atoms with van der Waals surface area (Å²) < 4.78 is 24.5. The van der Waals surface area contributed by atoms with Crippen LogP contribution in [0.15, 0.2) is 42.5 Å². The van der Waals surface area contributed by atoms with Crippen LogP contribution in [-0.2, 0) is 6.61 Å². The van der Waals surface area contributed by atoms with Crippen molar-refractivity contribution in [3.63, 3.8) is 0 Å². The summed E-state index contributed by atoms with van der Waals surface area (Å²) in [6.07, 6.45) is 0. The molecule has 0 atom stereocenters. The summed E-state index contributed by atoms with van der Waals surface area (Å²) in [7, 11) is 1.61. The Kier molecular flexibility index (Phi) is 5.19. The number of halogens is 1. The highest BCUT2D eigenvalue weighted by Gasteiger charge is 2.03. The van der Waals surface area contributed by atoms with Crippen LogP contribution in [0.4, 0.5) is 4.39 Å². The minimum atomic E-state index is -0.418. The molecule has 0 saturated carbocycles. The maximum atomic E-state index is 13.8. The van der Waals surface area contributed by atoms with Gasteiger partial charge in [-0.1, -0.05) is 24.0 Å². The van der Waals surface area contributed by atoms with E-state index in [0.717, 1.165) is 11.3 Å². The molecule has 0 spiro atoms. The van der Waals surface area contributed by atoms with Crippen molar-refractivity contribution in [1.82, 2.24) is 0 Å². The number of hydrogen-bond donors (Lipinski definition) is 1. The van der Waals surface area contributed by atoms with Gasteiger partial charge < -0.3 is 15.2 Å². The maximum Gasteiger partial charge on any atom is 0.142 e. The van der Waals surface area contributed by atoms with E-state index in [-0.39, 0.29) is 6.54 Å². The summed E-state index contributed by atoms with van der Waals surface area (Å²) in [5, 5.41) is 0. The van der Waals surface area contributed by atoms with Gasteiger partial charge in [-0.05, 0) is 29.8 Å². The van der Waals surface area contributed by atoms with Crippen molar-refractivity contribution in [1.29, 1.82) is 0 Å². The molecule has 0 aliphatic rings. The molecule has 2 N–H and O–H groups in total. The van der Waals surface area contributed by atoms with Crippen LogP contribution in [-0.4, -0.2) is 13.7 Å². The predicted octanol–water partition coefficient (Wildman–Crippen LogP) is 2.72. The van der Waals surface area contributed by atoms with Gasteiger partial charge in [-0.2, -0.15) is 0 Å². The van der Waals surface area contributed by atoms with Gasteiger partial charge in [0, 0.05) is 6.07 Å². The molecule has 0 bridgehead atoms. The van der Waals surface area contributed by atoms with E-state index < -0.39 is 5.82 Å². The standard InChI is InChI=1S/C17H16FNO2/c1-20-15-6-2-4-13(10-15)12-21-16-8-7-14(5-3-9-19)17(18)11-16/h2,4,6-8,10-11H,9,12,19H2,1H3. The lowest BCUT2D eigenvalue weighted by molar-refractivity contribution is 0.303. The summed E-state index contributed by atoms with van der Waals surface area (Å²) in [5.74, 6) is 6.08. The van der Waals surface area contributed by atoms with E-state index in [4.69, 9.17) is 15.2 Å². The van der Waals surface area contributed by atoms with E-state index in [1.807, 2.05) is 24.3 Å². The molecule has 2 aromatic rings. The Morgan fingerprint density at radius 3 is 2.71 bits per heavy atom. The summed E-state index contributed by atoms with van der Waals surface area (Å²) in [6.45, 7) is 0.540. The largest absolute Gasteiger partial charge is 0.497 e. The van der Waals surface area contributed by atoms with E-state index in [9.17, 15) is 4.39 Å². The third-order valence-corrected chi connectivity index (χ3v) is 2.81. The third kappa shape index (κ3) is 4.23. The second kappa shape index (κ2) is 7.32. The molecular weight excluding hydrogens is 269 g/mol. The minimum Gasteiger partial charge on any atom is -0.497 e. The topological polar surface area (TPSA) is 44.5 Å². The first-order valence-electron chi connectivity index (χ1n) is 6.47. The van der Waals surface area contributed by atoms with E-state index in [0.29, 0.717) is 17.9 Å². The molecule has 0 aromatic heterocycles. The van der Waals surface area contributed by atoms with E-state index >= 15 is 0 Å². The van der Waals surface area contributed by atoms with Crippen molar-refractivity contribution in [3.8, 4) is 23.3 Å². The van der Waals surface area contributed by atoms with Gasteiger partial charge in [0.2, 0.25) is 0 Å². The van der Waals surface area contributed by atoms with Crippen LogP contribution in [0.3, 0.4) is 0 Å². The summed E-state index contributed by atoms with van der Waals surface area (Å²) >= 11 is 0. The Labute approximate surface area is 123 Å². The summed E-state index contributed by atoms with van der Waals surface area (Å²) in [5.41, 5.74) is 6.52. The average molecular weight is 285 g/mol. The molecule has 0 radical (unpaired) electrons. The molecule has 0 aliphatic heterocycles. The van der Waals surface area contributed by atoms with Crippen LogP contribution in [0, 0.1) is 17.7 Å². The smallest absolute Gasteiger partial charge is 0.142 e. The van der Waals surface area contributed by atoms with Crippen LogP contribution in [0.25, 0.3) is 0 Å². The molecule has 4 heteroatoms. The zero-order valence-electron chi connectivity index (χ0n) is 11.7. The number of ether oxygens (including phenoxy) is 2. The van der Waals surface area contributed by atoms with Gasteiger partial charge >= 0.3 is 0 Å². The van der Waals surface area contributed by atoms with Gasteiger partial charge in [-0.25, -0.2) is 4.39 Å². The predicted molar refractivity (Wildman–Crippen MR) is 79.7 cm³/mol. The molecule has 3 nitrogen and oxygen atoms in total. The molecule has 0 heterocycles. The van der Waals surface area contributed by atoms with Gasteiger partial charge in [0.15, 0.2) is 0 Å². The SMILES string of the molecule is COc1cccc(COc2ccc(C#CCN)c(F)c2)c1. The molecule has 0 fully saturated rings. The highest BCUT2D eigenvalue weighted by atomic mass is 19.1. The average Bonchev–Trinajstić information content (AvgIpc) is 2.52. The Morgan fingerprint density at radius 1 is 1.14 bits per heavy atom. The number of rotatable bonds is 4. The fraction of sp³-hybridized carbons (Fsp3) is 0.176. The zero-order chi connectivity index (χ0) is 15.1. The first-order chi connectivity index (χ1) is 10.2. The summed E-state index contributed by atoms with van der Waals surface area (Å²) in [4.78, 5) is 0. The highest BCUT2D eigenvalue weighted by molar-refractivity contribution is 5.40. The molecule has 0 unspecified atom stereocenters. The van der Waals surface area contributed by atoms with Crippen molar-refractivity contribution in [3.05, 3.63) is 59.4 Å². The van der Waals surface area contributed by atoms with E-state index in [1.54, 1.807) is 19.2 Å². The van der Waals surface area contributed by atoms with Crippen LogP contribution >= 0.6 is 0 Å². The van der Waals surface area contributed by atoms with E-state index in [2.05, 4.69) is 11.8 Å². The van der Waals surface area contributed by atoms with Gasteiger partial charge in [-0.3, -0.25) is 0 Å². The lowest BCUT2D eigenvalue weighted by Crippen LogP contribution is -1.97. The number of methoxy groups -OCH3 is 1. The second-order valence-electron chi connectivity index (χ2n) is 4.29. The first kappa shape index (κ1) is 14.9. The van der Waals surface area contributed by atoms with Gasteiger partial charge in [0.25, 0.3) is 0 Å². The fourth-order valence-electron chi connectivity index (χ4n) is 1.76. The number of benzene rings is 2. The van der Waals surface area contributed by atoms with Gasteiger partial charge in [0.05, 0.1) is 19.2 Å². The fourth-order valence-corrected chi connectivity index (χ4v) is 1.76. The highest BCUT2D eigenvalue weighted by Crippen LogP contribution is 2.19. The quantitative estimate of drug-likeness (QED) is 0.878. The summed E-state index contributed by atoms with van der Waals surface area (Å²) in [6, 6.07) is 12.1.